The first kappa shape index (κ1) is 13.2. The van der Waals surface area contributed by atoms with E-state index in [9.17, 15) is 14.7 Å². The van der Waals surface area contributed by atoms with Crippen molar-refractivity contribution in [1.82, 2.24) is 5.32 Å². The lowest BCUT2D eigenvalue weighted by atomic mass is 10.2. The molecule has 1 fully saturated rings. The maximum Gasteiger partial charge on any atom is 0.335 e. The molecule has 1 aliphatic carbocycles. The van der Waals surface area contributed by atoms with Crippen LogP contribution in [-0.2, 0) is 0 Å². The first-order chi connectivity index (χ1) is 9.01. The van der Waals surface area contributed by atoms with Gasteiger partial charge in [-0.3, -0.25) is 0 Å². The molecular formula is C13H16N2O4. The van der Waals surface area contributed by atoms with Gasteiger partial charge in [0.05, 0.1) is 11.3 Å². The largest absolute Gasteiger partial charge is 0.506 e. The Hall–Kier alpha value is -2.24. The molecule has 1 aromatic rings. The van der Waals surface area contributed by atoms with Crippen molar-refractivity contribution >= 4 is 17.7 Å². The number of hydrogen-bond donors (Lipinski definition) is 4. The summed E-state index contributed by atoms with van der Waals surface area (Å²) in [4.78, 5) is 22.3. The third-order valence-corrected chi connectivity index (χ3v) is 3.26. The average Bonchev–Trinajstić information content (AvgIpc) is 3.09. The van der Waals surface area contributed by atoms with Crippen LogP contribution in [0.15, 0.2) is 18.2 Å². The normalized spacial score (nSPS) is 20.7. The van der Waals surface area contributed by atoms with Gasteiger partial charge in [-0.2, -0.15) is 0 Å². The Bertz CT molecular complexity index is 515. The number of aromatic hydroxyl groups is 1. The van der Waals surface area contributed by atoms with Crippen LogP contribution in [0.1, 0.15) is 30.1 Å². The van der Waals surface area contributed by atoms with Crippen LogP contribution in [0.2, 0.25) is 0 Å². The predicted molar refractivity (Wildman–Crippen MR) is 69.4 cm³/mol. The molecule has 1 saturated carbocycles. The van der Waals surface area contributed by atoms with E-state index in [4.69, 9.17) is 5.11 Å². The molecule has 0 aromatic heterocycles. The fraction of sp³-hybridized carbons (Fsp3) is 0.385. The van der Waals surface area contributed by atoms with E-state index in [-0.39, 0.29) is 29.1 Å². The number of urea groups is 1. The number of rotatable bonds is 4. The van der Waals surface area contributed by atoms with Crippen molar-refractivity contribution in [2.75, 3.05) is 5.32 Å². The lowest BCUT2D eigenvalue weighted by Crippen LogP contribution is -2.31. The Morgan fingerprint density at radius 3 is 2.68 bits per heavy atom. The van der Waals surface area contributed by atoms with Crippen molar-refractivity contribution in [2.24, 2.45) is 5.92 Å². The molecule has 1 aromatic carbocycles. The summed E-state index contributed by atoms with van der Waals surface area (Å²) in [6.07, 6.45) is 2.01. The van der Waals surface area contributed by atoms with Crippen LogP contribution in [0.25, 0.3) is 0 Å². The zero-order valence-electron chi connectivity index (χ0n) is 10.5. The van der Waals surface area contributed by atoms with E-state index >= 15 is 0 Å². The molecule has 0 aliphatic heterocycles. The van der Waals surface area contributed by atoms with Gasteiger partial charge in [0.1, 0.15) is 5.75 Å². The third-order valence-electron chi connectivity index (χ3n) is 3.26. The molecular weight excluding hydrogens is 248 g/mol. The Morgan fingerprint density at radius 1 is 1.42 bits per heavy atom. The fourth-order valence-electron chi connectivity index (χ4n) is 1.97. The van der Waals surface area contributed by atoms with Crippen LogP contribution in [0.3, 0.4) is 0 Å². The number of amides is 2. The van der Waals surface area contributed by atoms with Crippen LogP contribution in [-0.4, -0.2) is 28.3 Å². The van der Waals surface area contributed by atoms with Crippen molar-refractivity contribution in [3.63, 3.8) is 0 Å². The van der Waals surface area contributed by atoms with Gasteiger partial charge in [0.25, 0.3) is 0 Å². The van der Waals surface area contributed by atoms with Crippen LogP contribution < -0.4 is 10.6 Å². The number of anilines is 1. The molecule has 2 unspecified atom stereocenters. The number of hydrogen-bond acceptors (Lipinski definition) is 3. The molecule has 6 nitrogen and oxygen atoms in total. The molecule has 19 heavy (non-hydrogen) atoms. The highest BCUT2D eigenvalue weighted by Crippen LogP contribution is 2.33. The minimum absolute atomic E-state index is 0.0308. The highest BCUT2D eigenvalue weighted by atomic mass is 16.4. The number of carbonyl (C=O) groups is 2. The highest BCUT2D eigenvalue weighted by molar-refractivity contribution is 5.93. The number of carbonyl (C=O) groups excluding carboxylic acids is 1. The summed E-state index contributed by atoms with van der Waals surface area (Å²) >= 11 is 0. The maximum absolute atomic E-state index is 11.6. The summed E-state index contributed by atoms with van der Waals surface area (Å²) in [5.74, 6) is -0.860. The second-order valence-electron chi connectivity index (χ2n) is 4.65. The van der Waals surface area contributed by atoms with Crippen molar-refractivity contribution in [3.8, 4) is 5.75 Å². The summed E-state index contributed by atoms with van der Waals surface area (Å²) in [5, 5.41) is 23.7. The first-order valence-corrected chi connectivity index (χ1v) is 6.15. The minimum Gasteiger partial charge on any atom is -0.506 e. The lowest BCUT2D eigenvalue weighted by Gasteiger charge is -2.09. The molecule has 0 heterocycles. The maximum atomic E-state index is 11.6. The van der Waals surface area contributed by atoms with Gasteiger partial charge in [-0.05, 0) is 30.5 Å². The second kappa shape index (κ2) is 5.17. The summed E-state index contributed by atoms with van der Waals surface area (Å²) < 4.78 is 0. The van der Waals surface area contributed by atoms with Crippen molar-refractivity contribution in [2.45, 2.75) is 25.8 Å². The number of aromatic carboxylic acids is 1. The van der Waals surface area contributed by atoms with Gasteiger partial charge >= 0.3 is 12.0 Å². The van der Waals surface area contributed by atoms with Crippen molar-refractivity contribution in [1.29, 1.82) is 0 Å². The molecule has 102 valence electrons. The van der Waals surface area contributed by atoms with E-state index < -0.39 is 5.97 Å². The average molecular weight is 264 g/mol. The zero-order valence-corrected chi connectivity index (χ0v) is 10.5. The first-order valence-electron chi connectivity index (χ1n) is 6.15. The molecule has 4 N–H and O–H groups in total. The molecule has 0 bridgehead atoms. The molecule has 2 amide bonds. The molecule has 1 aliphatic rings. The Kier molecular flexibility index (Phi) is 3.59. The SMILES string of the molecule is CCC1CC1NC(=O)Nc1ccc(C(=O)O)cc1O. The molecule has 2 rings (SSSR count). The molecule has 0 radical (unpaired) electrons. The van der Waals surface area contributed by atoms with E-state index in [1.807, 2.05) is 0 Å². The summed E-state index contributed by atoms with van der Waals surface area (Å²) in [7, 11) is 0. The van der Waals surface area contributed by atoms with Gasteiger partial charge in [0.15, 0.2) is 0 Å². The van der Waals surface area contributed by atoms with Gasteiger partial charge in [-0.1, -0.05) is 13.3 Å². The molecule has 6 heteroatoms. The number of carboxylic acids is 1. The molecule has 0 saturated heterocycles. The lowest BCUT2D eigenvalue weighted by molar-refractivity contribution is 0.0696. The van der Waals surface area contributed by atoms with E-state index in [0.29, 0.717) is 5.92 Å². The summed E-state index contributed by atoms with van der Waals surface area (Å²) in [5.41, 5.74) is 0.160. The predicted octanol–water partition coefficient (Wildman–Crippen LogP) is 2.01. The van der Waals surface area contributed by atoms with Gasteiger partial charge < -0.3 is 20.8 Å². The van der Waals surface area contributed by atoms with Crippen LogP contribution in [0.5, 0.6) is 5.75 Å². The zero-order chi connectivity index (χ0) is 14.0. The summed E-state index contributed by atoms with van der Waals surface area (Å²) in [6, 6.07) is 3.60. The van der Waals surface area contributed by atoms with E-state index in [1.165, 1.54) is 12.1 Å². The van der Waals surface area contributed by atoms with Crippen LogP contribution in [0.4, 0.5) is 10.5 Å². The van der Waals surface area contributed by atoms with Crippen LogP contribution in [0, 0.1) is 5.92 Å². The topological polar surface area (TPSA) is 98.7 Å². The minimum atomic E-state index is -1.13. The Labute approximate surface area is 110 Å². The Balaban J connectivity index is 1.95. The van der Waals surface area contributed by atoms with Crippen LogP contribution >= 0.6 is 0 Å². The second-order valence-corrected chi connectivity index (χ2v) is 4.65. The van der Waals surface area contributed by atoms with Gasteiger partial charge in [-0.25, -0.2) is 9.59 Å². The molecule has 2 atom stereocenters. The molecule has 0 spiro atoms. The number of nitrogens with one attached hydrogen (secondary N) is 2. The summed E-state index contributed by atoms with van der Waals surface area (Å²) in [6.45, 7) is 2.07. The van der Waals surface area contributed by atoms with E-state index in [0.717, 1.165) is 18.9 Å². The number of benzene rings is 1. The number of phenols is 1. The Morgan fingerprint density at radius 2 is 2.16 bits per heavy atom. The van der Waals surface area contributed by atoms with Gasteiger partial charge in [-0.15, -0.1) is 0 Å². The smallest absolute Gasteiger partial charge is 0.335 e. The monoisotopic (exact) mass is 264 g/mol. The standard InChI is InChI=1S/C13H16N2O4/c1-2-7-5-10(7)15-13(19)14-9-4-3-8(12(17)18)6-11(9)16/h3-4,6-7,10,16H,2,5H2,1H3,(H,17,18)(H2,14,15,19). The fourth-order valence-corrected chi connectivity index (χ4v) is 1.97. The third kappa shape index (κ3) is 3.15. The van der Waals surface area contributed by atoms with E-state index in [1.54, 1.807) is 0 Å². The number of phenolic OH excluding ortho intramolecular Hbond substituents is 1. The van der Waals surface area contributed by atoms with Gasteiger partial charge in [0.2, 0.25) is 0 Å². The quantitative estimate of drug-likeness (QED) is 0.625. The van der Waals surface area contributed by atoms with Gasteiger partial charge in [0, 0.05) is 6.04 Å². The highest BCUT2D eigenvalue weighted by Gasteiger charge is 2.36. The van der Waals surface area contributed by atoms with E-state index in [2.05, 4.69) is 17.6 Å². The number of carboxylic acid groups (broad SMARTS) is 1. The van der Waals surface area contributed by atoms with Crippen molar-refractivity contribution in [3.05, 3.63) is 23.8 Å². The van der Waals surface area contributed by atoms with Crippen molar-refractivity contribution < 1.29 is 19.8 Å².